The molecule has 0 aromatic rings. The third-order valence-electron chi connectivity index (χ3n) is 4.11. The quantitative estimate of drug-likeness (QED) is 0.700. The maximum Gasteiger partial charge on any atom is 0.00387 e. The highest BCUT2D eigenvalue weighted by molar-refractivity contribution is 4.76. The Bertz CT molecular complexity index is 155. The van der Waals surface area contributed by atoms with Crippen LogP contribution >= 0.6 is 0 Å². The normalized spacial score (nSPS) is 29.0. The van der Waals surface area contributed by atoms with Gasteiger partial charge in [-0.3, -0.25) is 0 Å². The van der Waals surface area contributed by atoms with E-state index in [0.29, 0.717) is 0 Å². The fourth-order valence-corrected chi connectivity index (χ4v) is 3.12. The summed E-state index contributed by atoms with van der Waals surface area (Å²) >= 11 is 0. The number of rotatable bonds is 6. The molecule has 1 saturated carbocycles. The first-order valence-corrected chi connectivity index (χ1v) is 7.01. The molecule has 1 fully saturated rings. The maximum atomic E-state index is 3.52. The van der Waals surface area contributed by atoms with Crippen LogP contribution in [-0.4, -0.2) is 12.6 Å². The molecule has 0 radical (unpaired) electrons. The first-order valence-electron chi connectivity index (χ1n) is 7.01. The van der Waals surface area contributed by atoms with Crippen LogP contribution in [0.5, 0.6) is 0 Å². The summed E-state index contributed by atoms with van der Waals surface area (Å²) in [6, 6.07) is 0.717. The van der Waals surface area contributed by atoms with Gasteiger partial charge in [0.15, 0.2) is 0 Å². The van der Waals surface area contributed by atoms with Crippen molar-refractivity contribution < 1.29 is 0 Å². The molecule has 3 atom stereocenters. The summed E-state index contributed by atoms with van der Waals surface area (Å²) in [7, 11) is 0. The van der Waals surface area contributed by atoms with Crippen LogP contribution in [0.2, 0.25) is 0 Å². The number of hydrogen-bond donors (Lipinski definition) is 1. The van der Waals surface area contributed by atoms with E-state index in [1.807, 2.05) is 0 Å². The Balaban J connectivity index is 2.22. The van der Waals surface area contributed by atoms with Crippen LogP contribution < -0.4 is 5.32 Å². The monoisotopic (exact) mass is 211 g/mol. The van der Waals surface area contributed by atoms with Crippen molar-refractivity contribution in [2.24, 2.45) is 11.8 Å². The third-order valence-corrected chi connectivity index (χ3v) is 4.11. The van der Waals surface area contributed by atoms with E-state index in [9.17, 15) is 0 Å². The van der Waals surface area contributed by atoms with Crippen molar-refractivity contribution in [1.82, 2.24) is 5.32 Å². The molecule has 0 aromatic heterocycles. The molecule has 3 unspecified atom stereocenters. The van der Waals surface area contributed by atoms with E-state index >= 15 is 0 Å². The van der Waals surface area contributed by atoms with Gasteiger partial charge in [-0.25, -0.2) is 0 Å². The van der Waals surface area contributed by atoms with Crippen LogP contribution in [0.3, 0.4) is 0 Å². The molecular formula is C14H29N. The molecule has 0 aliphatic heterocycles. The highest BCUT2D eigenvalue weighted by atomic mass is 14.9. The molecule has 1 aliphatic rings. The molecule has 0 spiro atoms. The Labute approximate surface area is 96.0 Å². The fraction of sp³-hybridized carbons (Fsp3) is 1.00. The SMILES string of the molecule is CCNC(C)CCC1CCCCC1CC. The minimum atomic E-state index is 0.717. The molecule has 1 heteroatoms. The highest BCUT2D eigenvalue weighted by Gasteiger charge is 2.23. The predicted molar refractivity (Wildman–Crippen MR) is 68.1 cm³/mol. The van der Waals surface area contributed by atoms with Gasteiger partial charge < -0.3 is 5.32 Å². The number of nitrogens with one attached hydrogen (secondary N) is 1. The summed E-state index contributed by atoms with van der Waals surface area (Å²) in [5.74, 6) is 2.07. The van der Waals surface area contributed by atoms with Crippen molar-refractivity contribution in [3.05, 3.63) is 0 Å². The van der Waals surface area contributed by atoms with E-state index in [0.717, 1.165) is 24.4 Å². The van der Waals surface area contributed by atoms with E-state index < -0.39 is 0 Å². The highest BCUT2D eigenvalue weighted by Crippen LogP contribution is 2.35. The van der Waals surface area contributed by atoms with Gasteiger partial charge >= 0.3 is 0 Å². The van der Waals surface area contributed by atoms with Crippen LogP contribution in [0.4, 0.5) is 0 Å². The zero-order chi connectivity index (χ0) is 11.1. The van der Waals surface area contributed by atoms with E-state index in [2.05, 4.69) is 26.1 Å². The van der Waals surface area contributed by atoms with Gasteiger partial charge in [0.1, 0.15) is 0 Å². The summed E-state index contributed by atoms with van der Waals surface area (Å²) in [4.78, 5) is 0. The lowest BCUT2D eigenvalue weighted by molar-refractivity contribution is 0.209. The van der Waals surface area contributed by atoms with Gasteiger partial charge in [0.25, 0.3) is 0 Å². The van der Waals surface area contributed by atoms with E-state index in [1.165, 1.54) is 44.9 Å². The smallest absolute Gasteiger partial charge is 0.00387 e. The second kappa shape index (κ2) is 7.27. The second-order valence-electron chi connectivity index (χ2n) is 5.25. The van der Waals surface area contributed by atoms with Crippen molar-refractivity contribution in [3.8, 4) is 0 Å². The van der Waals surface area contributed by atoms with Gasteiger partial charge in [0, 0.05) is 6.04 Å². The maximum absolute atomic E-state index is 3.52. The van der Waals surface area contributed by atoms with Crippen LogP contribution in [-0.2, 0) is 0 Å². The fourth-order valence-electron chi connectivity index (χ4n) is 3.12. The van der Waals surface area contributed by atoms with Crippen molar-refractivity contribution in [2.45, 2.75) is 71.8 Å². The standard InChI is InChI=1S/C14H29N/c1-4-13-8-6-7-9-14(13)11-10-12(3)15-5-2/h12-15H,4-11H2,1-3H3. The summed E-state index contributed by atoms with van der Waals surface area (Å²) in [6.07, 6.45) is 10.2. The zero-order valence-electron chi connectivity index (χ0n) is 10.9. The van der Waals surface area contributed by atoms with Gasteiger partial charge in [-0.1, -0.05) is 46.0 Å². The van der Waals surface area contributed by atoms with Gasteiger partial charge in [0.05, 0.1) is 0 Å². The summed E-state index contributed by atoms with van der Waals surface area (Å²) in [5.41, 5.74) is 0. The van der Waals surface area contributed by atoms with Crippen molar-refractivity contribution in [2.75, 3.05) is 6.54 Å². The molecule has 0 saturated heterocycles. The lowest BCUT2D eigenvalue weighted by Gasteiger charge is -2.31. The molecular weight excluding hydrogens is 182 g/mol. The van der Waals surface area contributed by atoms with E-state index in [1.54, 1.807) is 0 Å². The Kier molecular flexibility index (Phi) is 6.31. The van der Waals surface area contributed by atoms with Gasteiger partial charge in [0.2, 0.25) is 0 Å². The van der Waals surface area contributed by atoms with Crippen molar-refractivity contribution >= 4 is 0 Å². The molecule has 0 heterocycles. The minimum Gasteiger partial charge on any atom is -0.315 e. The van der Waals surface area contributed by atoms with Gasteiger partial charge in [-0.2, -0.15) is 0 Å². The Hall–Kier alpha value is -0.0400. The Morgan fingerprint density at radius 1 is 1.13 bits per heavy atom. The lowest BCUT2D eigenvalue weighted by atomic mass is 9.75. The molecule has 0 aromatic carbocycles. The topological polar surface area (TPSA) is 12.0 Å². The molecule has 1 nitrogen and oxygen atoms in total. The first kappa shape index (κ1) is 13.0. The average molecular weight is 211 g/mol. The van der Waals surface area contributed by atoms with Crippen LogP contribution in [0.15, 0.2) is 0 Å². The minimum absolute atomic E-state index is 0.717. The third kappa shape index (κ3) is 4.55. The van der Waals surface area contributed by atoms with E-state index in [-0.39, 0.29) is 0 Å². The van der Waals surface area contributed by atoms with Crippen LogP contribution in [0.25, 0.3) is 0 Å². The summed E-state index contributed by atoms with van der Waals surface area (Å²) in [5, 5.41) is 3.52. The van der Waals surface area contributed by atoms with Gasteiger partial charge in [-0.15, -0.1) is 0 Å². The molecule has 1 rings (SSSR count). The first-order chi connectivity index (χ1) is 7.27. The van der Waals surface area contributed by atoms with E-state index in [4.69, 9.17) is 0 Å². The molecule has 1 N–H and O–H groups in total. The molecule has 0 amide bonds. The Morgan fingerprint density at radius 2 is 1.80 bits per heavy atom. The predicted octanol–water partition coefficient (Wildman–Crippen LogP) is 3.98. The average Bonchev–Trinajstić information content (AvgIpc) is 2.27. The van der Waals surface area contributed by atoms with Crippen LogP contribution in [0, 0.1) is 11.8 Å². The summed E-state index contributed by atoms with van der Waals surface area (Å²) < 4.78 is 0. The van der Waals surface area contributed by atoms with Gasteiger partial charge in [-0.05, 0) is 38.1 Å². The molecule has 15 heavy (non-hydrogen) atoms. The second-order valence-corrected chi connectivity index (χ2v) is 5.25. The van der Waals surface area contributed by atoms with Crippen LogP contribution in [0.1, 0.15) is 65.7 Å². The molecule has 1 aliphatic carbocycles. The van der Waals surface area contributed by atoms with Crippen molar-refractivity contribution in [1.29, 1.82) is 0 Å². The number of hydrogen-bond acceptors (Lipinski definition) is 1. The van der Waals surface area contributed by atoms with Crippen molar-refractivity contribution in [3.63, 3.8) is 0 Å². The summed E-state index contributed by atoms with van der Waals surface area (Å²) in [6.45, 7) is 8.01. The zero-order valence-corrected chi connectivity index (χ0v) is 10.9. The molecule has 90 valence electrons. The lowest BCUT2D eigenvalue weighted by Crippen LogP contribution is -2.27. The largest absolute Gasteiger partial charge is 0.315 e. The Morgan fingerprint density at radius 3 is 2.40 bits per heavy atom. The molecule has 0 bridgehead atoms.